The molecule has 3 aromatic rings. The summed E-state index contributed by atoms with van der Waals surface area (Å²) in [5, 5.41) is 0.339. The van der Waals surface area contributed by atoms with Crippen LogP contribution in [0.5, 0.6) is 0 Å². The summed E-state index contributed by atoms with van der Waals surface area (Å²) < 4.78 is 14.5. The molecule has 1 heterocycles. The minimum atomic E-state index is -0.445. The minimum absolute atomic E-state index is 0.201. The first kappa shape index (κ1) is 12.1. The summed E-state index contributed by atoms with van der Waals surface area (Å²) in [6.07, 6.45) is 0. The third-order valence-electron chi connectivity index (χ3n) is 2.94. The summed E-state index contributed by atoms with van der Waals surface area (Å²) in [6.45, 7) is 0. The Bertz CT molecular complexity index is 811. The van der Waals surface area contributed by atoms with Crippen molar-refractivity contribution in [2.45, 2.75) is 0 Å². The van der Waals surface area contributed by atoms with Crippen LogP contribution in [0, 0.1) is 5.82 Å². The molecule has 2 nitrogen and oxygen atoms in total. The highest BCUT2D eigenvalue weighted by Crippen LogP contribution is 2.23. The first-order chi connectivity index (χ1) is 9.15. The molecule has 0 radical (unpaired) electrons. The second kappa shape index (κ2) is 4.63. The van der Waals surface area contributed by atoms with E-state index in [4.69, 9.17) is 0 Å². The van der Waals surface area contributed by atoms with Gasteiger partial charge in [-0.25, -0.2) is 4.39 Å². The highest BCUT2D eigenvalue weighted by molar-refractivity contribution is 9.10. The zero-order valence-electron chi connectivity index (χ0n) is 9.78. The highest BCUT2D eigenvalue weighted by atomic mass is 79.9. The lowest BCUT2D eigenvalue weighted by atomic mass is 10.1. The van der Waals surface area contributed by atoms with Gasteiger partial charge in [0.2, 0.25) is 0 Å². The van der Waals surface area contributed by atoms with Crippen molar-refractivity contribution >= 4 is 26.8 Å². The molecule has 0 atom stereocenters. The summed E-state index contributed by atoms with van der Waals surface area (Å²) in [5.41, 5.74) is 1.49. The first-order valence-electron chi connectivity index (χ1n) is 5.72. The van der Waals surface area contributed by atoms with Crippen LogP contribution in [0.4, 0.5) is 4.39 Å². The smallest absolute Gasteiger partial charge is 0.190 e. The number of pyridine rings is 1. The maximum Gasteiger partial charge on any atom is 0.190 e. The van der Waals surface area contributed by atoms with Crippen LogP contribution in [0.25, 0.3) is 22.2 Å². The first-order valence-corrected chi connectivity index (χ1v) is 6.52. The molecule has 0 amide bonds. The molecule has 0 spiro atoms. The van der Waals surface area contributed by atoms with E-state index in [2.05, 4.69) is 20.9 Å². The van der Waals surface area contributed by atoms with Gasteiger partial charge in [-0.05, 0) is 17.7 Å². The summed E-state index contributed by atoms with van der Waals surface area (Å²) >= 11 is 3.19. The topological polar surface area (TPSA) is 32.9 Å². The molecule has 1 N–H and O–H groups in total. The number of hydrogen-bond acceptors (Lipinski definition) is 1. The van der Waals surface area contributed by atoms with Crippen molar-refractivity contribution in [2.75, 3.05) is 0 Å². The summed E-state index contributed by atoms with van der Waals surface area (Å²) in [5.74, 6) is -0.445. The van der Waals surface area contributed by atoms with Gasteiger partial charge in [0.05, 0.1) is 5.52 Å². The number of halogens is 2. The molecule has 0 saturated carbocycles. The van der Waals surface area contributed by atoms with E-state index in [1.807, 2.05) is 30.3 Å². The molecule has 1 aromatic heterocycles. The summed E-state index contributed by atoms with van der Waals surface area (Å²) in [6, 6.07) is 13.8. The Hall–Kier alpha value is -1.94. The van der Waals surface area contributed by atoms with E-state index < -0.39 is 5.82 Å². The lowest BCUT2D eigenvalue weighted by Crippen LogP contribution is -2.04. The standard InChI is InChI=1S/C15H9BrFNO/c16-10-6-11-14(19)8-13(9-4-2-1-3-5-9)18-15(11)12(17)7-10/h1-8H,(H,18,19). The Kier molecular flexibility index (Phi) is 2.95. The molecule has 2 aromatic carbocycles. The predicted molar refractivity (Wildman–Crippen MR) is 77.7 cm³/mol. The van der Waals surface area contributed by atoms with E-state index in [1.54, 1.807) is 6.07 Å². The molecule has 0 aliphatic heterocycles. The van der Waals surface area contributed by atoms with Crippen LogP contribution in [0.2, 0.25) is 0 Å². The number of rotatable bonds is 1. The van der Waals surface area contributed by atoms with Crippen molar-refractivity contribution in [2.24, 2.45) is 0 Å². The van der Waals surface area contributed by atoms with Gasteiger partial charge in [0.1, 0.15) is 5.82 Å². The van der Waals surface area contributed by atoms with E-state index in [1.165, 1.54) is 12.1 Å². The van der Waals surface area contributed by atoms with Crippen LogP contribution in [0.15, 0.2) is 57.8 Å². The van der Waals surface area contributed by atoms with Crippen LogP contribution in [0.3, 0.4) is 0 Å². The van der Waals surface area contributed by atoms with Gasteiger partial charge in [0, 0.05) is 21.6 Å². The van der Waals surface area contributed by atoms with Crippen molar-refractivity contribution in [3.63, 3.8) is 0 Å². The molecule has 0 unspecified atom stereocenters. The molecule has 4 heteroatoms. The second-order valence-electron chi connectivity index (χ2n) is 4.22. The number of aromatic amines is 1. The van der Waals surface area contributed by atoms with E-state index >= 15 is 0 Å². The molecule has 0 aliphatic rings. The summed E-state index contributed by atoms with van der Waals surface area (Å²) in [4.78, 5) is 15.1. The van der Waals surface area contributed by atoms with Gasteiger partial charge in [0.25, 0.3) is 0 Å². The van der Waals surface area contributed by atoms with E-state index in [0.717, 1.165) is 5.56 Å². The molecule has 0 bridgehead atoms. The molecule has 0 fully saturated rings. The highest BCUT2D eigenvalue weighted by Gasteiger charge is 2.09. The van der Waals surface area contributed by atoms with Crippen LogP contribution >= 0.6 is 15.9 Å². The van der Waals surface area contributed by atoms with Crippen molar-refractivity contribution in [1.82, 2.24) is 4.98 Å². The molecule has 19 heavy (non-hydrogen) atoms. The van der Waals surface area contributed by atoms with Gasteiger partial charge in [-0.2, -0.15) is 0 Å². The van der Waals surface area contributed by atoms with Crippen molar-refractivity contribution in [1.29, 1.82) is 0 Å². The number of hydrogen-bond donors (Lipinski definition) is 1. The Balaban J connectivity index is 2.34. The third kappa shape index (κ3) is 2.19. The molecule has 94 valence electrons. The number of benzene rings is 2. The molecular weight excluding hydrogens is 309 g/mol. The minimum Gasteiger partial charge on any atom is -0.352 e. The zero-order chi connectivity index (χ0) is 13.4. The van der Waals surface area contributed by atoms with Crippen LogP contribution in [-0.2, 0) is 0 Å². The number of fused-ring (bicyclic) bond motifs is 1. The average molecular weight is 318 g/mol. The lowest BCUT2D eigenvalue weighted by Gasteiger charge is -2.06. The summed E-state index contributed by atoms with van der Waals surface area (Å²) in [7, 11) is 0. The van der Waals surface area contributed by atoms with Crippen molar-refractivity contribution in [3.05, 3.63) is 69.0 Å². The molecule has 0 aliphatic carbocycles. The normalized spacial score (nSPS) is 10.8. The van der Waals surface area contributed by atoms with Gasteiger partial charge in [-0.1, -0.05) is 46.3 Å². The van der Waals surface area contributed by atoms with Crippen LogP contribution < -0.4 is 5.43 Å². The van der Waals surface area contributed by atoms with Gasteiger partial charge in [-0.3, -0.25) is 4.79 Å². The number of aromatic nitrogens is 1. The van der Waals surface area contributed by atoms with E-state index in [0.29, 0.717) is 15.6 Å². The van der Waals surface area contributed by atoms with Gasteiger partial charge >= 0.3 is 0 Å². The molecule has 0 saturated heterocycles. The van der Waals surface area contributed by atoms with E-state index in [-0.39, 0.29) is 10.9 Å². The Morgan fingerprint density at radius 2 is 1.79 bits per heavy atom. The van der Waals surface area contributed by atoms with Crippen LogP contribution in [0.1, 0.15) is 0 Å². The van der Waals surface area contributed by atoms with E-state index in [9.17, 15) is 9.18 Å². The quantitative estimate of drug-likeness (QED) is 0.720. The van der Waals surface area contributed by atoms with Crippen molar-refractivity contribution < 1.29 is 4.39 Å². The number of H-pyrrole nitrogens is 1. The fourth-order valence-corrected chi connectivity index (χ4v) is 2.48. The molecule has 3 rings (SSSR count). The van der Waals surface area contributed by atoms with Gasteiger partial charge < -0.3 is 4.98 Å². The molecular formula is C15H9BrFNO. The fraction of sp³-hybridized carbons (Fsp3) is 0. The lowest BCUT2D eigenvalue weighted by molar-refractivity contribution is 0.636. The van der Waals surface area contributed by atoms with Crippen molar-refractivity contribution in [3.8, 4) is 11.3 Å². The Morgan fingerprint density at radius 3 is 2.53 bits per heavy atom. The predicted octanol–water partition coefficient (Wildman–Crippen LogP) is 4.10. The average Bonchev–Trinajstić information content (AvgIpc) is 2.41. The number of nitrogens with one attached hydrogen (secondary N) is 1. The Labute approximate surface area is 117 Å². The monoisotopic (exact) mass is 317 g/mol. The Morgan fingerprint density at radius 1 is 1.05 bits per heavy atom. The van der Waals surface area contributed by atoms with Gasteiger partial charge in [-0.15, -0.1) is 0 Å². The largest absolute Gasteiger partial charge is 0.352 e. The SMILES string of the molecule is O=c1cc(-c2ccccc2)[nH]c2c(F)cc(Br)cc12. The maximum absolute atomic E-state index is 13.9. The fourth-order valence-electron chi connectivity index (χ4n) is 2.05. The van der Waals surface area contributed by atoms with Crippen LogP contribution in [-0.4, -0.2) is 4.98 Å². The maximum atomic E-state index is 13.9. The van der Waals surface area contributed by atoms with Gasteiger partial charge in [0.15, 0.2) is 5.43 Å². The second-order valence-corrected chi connectivity index (χ2v) is 5.14. The third-order valence-corrected chi connectivity index (χ3v) is 3.40. The zero-order valence-corrected chi connectivity index (χ0v) is 11.4.